The predicted molar refractivity (Wildman–Crippen MR) is 94.1 cm³/mol. The van der Waals surface area contributed by atoms with Gasteiger partial charge in [-0.2, -0.15) is 0 Å². The predicted octanol–water partition coefficient (Wildman–Crippen LogP) is 3.74. The lowest BCUT2D eigenvalue weighted by Gasteiger charge is -2.22. The smallest absolute Gasteiger partial charge is 0.233 e. The van der Waals surface area contributed by atoms with E-state index in [1.165, 1.54) is 11.8 Å². The zero-order valence-electron chi connectivity index (χ0n) is 13.3. The first-order chi connectivity index (χ1) is 11.2. The number of benzene rings is 1. The molecule has 0 aliphatic heterocycles. The minimum atomic E-state index is 0.196. The first-order valence-corrected chi connectivity index (χ1v) is 9.49. The highest BCUT2D eigenvalue weighted by molar-refractivity contribution is 8.01. The van der Waals surface area contributed by atoms with E-state index in [4.69, 9.17) is 4.74 Å². The molecule has 1 saturated carbocycles. The molecule has 6 heteroatoms. The fraction of sp³-hybridized carbons (Fsp3) is 0.412. The Labute approximate surface area is 144 Å². The molecule has 122 valence electrons. The molecule has 1 fully saturated rings. The standard InChI is InChI=1S/C17H20N2O2S2/c1-12-10-22-17(18-12)23-11-16(20)19(14-5-6-14)9-13-3-7-15(21-2)8-4-13/h3-4,7-8,10,14H,5-6,9,11H2,1-2H3. The molecule has 3 rings (SSSR count). The summed E-state index contributed by atoms with van der Waals surface area (Å²) >= 11 is 3.14. The number of nitrogens with zero attached hydrogens (tertiary/aromatic N) is 2. The maximum Gasteiger partial charge on any atom is 0.233 e. The number of hydrogen-bond donors (Lipinski definition) is 0. The second-order valence-electron chi connectivity index (χ2n) is 5.64. The molecule has 0 spiro atoms. The minimum absolute atomic E-state index is 0.196. The van der Waals surface area contributed by atoms with Gasteiger partial charge in [-0.25, -0.2) is 4.98 Å². The van der Waals surface area contributed by atoms with Gasteiger partial charge in [-0.15, -0.1) is 11.3 Å². The van der Waals surface area contributed by atoms with Gasteiger partial charge in [-0.1, -0.05) is 23.9 Å². The largest absolute Gasteiger partial charge is 0.497 e. The number of aromatic nitrogens is 1. The van der Waals surface area contributed by atoms with Crippen LogP contribution in [0.15, 0.2) is 34.0 Å². The van der Waals surface area contributed by atoms with Gasteiger partial charge in [-0.3, -0.25) is 4.79 Å². The van der Waals surface area contributed by atoms with Crippen LogP contribution in [-0.2, 0) is 11.3 Å². The normalized spacial score (nSPS) is 13.8. The molecular formula is C17H20N2O2S2. The maximum atomic E-state index is 12.6. The molecule has 0 N–H and O–H groups in total. The van der Waals surface area contributed by atoms with Gasteiger partial charge in [0.15, 0.2) is 4.34 Å². The summed E-state index contributed by atoms with van der Waals surface area (Å²) in [6, 6.07) is 8.34. The van der Waals surface area contributed by atoms with Crippen LogP contribution >= 0.6 is 23.1 Å². The fourth-order valence-electron chi connectivity index (χ4n) is 2.34. The second-order valence-corrected chi connectivity index (χ2v) is 7.72. The zero-order valence-corrected chi connectivity index (χ0v) is 15.0. The van der Waals surface area contributed by atoms with Crippen LogP contribution in [0.25, 0.3) is 0 Å². The molecule has 1 aromatic heterocycles. The molecular weight excluding hydrogens is 328 g/mol. The van der Waals surface area contributed by atoms with E-state index in [1.54, 1.807) is 18.4 Å². The third-order valence-electron chi connectivity index (χ3n) is 3.74. The van der Waals surface area contributed by atoms with Crippen LogP contribution in [-0.4, -0.2) is 34.7 Å². The number of ether oxygens (including phenoxy) is 1. The van der Waals surface area contributed by atoms with Gasteiger partial charge in [0.2, 0.25) is 5.91 Å². The van der Waals surface area contributed by atoms with Gasteiger partial charge in [0, 0.05) is 23.7 Å². The van der Waals surface area contributed by atoms with Gasteiger partial charge in [-0.05, 0) is 37.5 Å². The summed E-state index contributed by atoms with van der Waals surface area (Å²) in [5.41, 5.74) is 2.16. The van der Waals surface area contributed by atoms with Crippen molar-refractivity contribution in [3.8, 4) is 5.75 Å². The van der Waals surface area contributed by atoms with Gasteiger partial charge in [0.1, 0.15) is 5.75 Å². The molecule has 0 saturated heterocycles. The molecule has 0 bridgehead atoms. The molecule has 1 aliphatic rings. The number of aryl methyl sites for hydroxylation is 1. The third kappa shape index (κ3) is 4.48. The first kappa shape index (κ1) is 16.3. The molecule has 1 aromatic carbocycles. The summed E-state index contributed by atoms with van der Waals surface area (Å²) in [6.45, 7) is 2.65. The van der Waals surface area contributed by atoms with Gasteiger partial charge in [0.05, 0.1) is 12.9 Å². The highest BCUT2D eigenvalue weighted by Crippen LogP contribution is 2.30. The summed E-state index contributed by atoms with van der Waals surface area (Å²) in [5, 5.41) is 2.02. The number of amides is 1. The number of methoxy groups -OCH3 is 1. The third-order valence-corrected chi connectivity index (χ3v) is 5.86. The Morgan fingerprint density at radius 1 is 1.39 bits per heavy atom. The van der Waals surface area contributed by atoms with Crippen molar-refractivity contribution < 1.29 is 9.53 Å². The SMILES string of the molecule is COc1ccc(CN(C(=O)CSc2nc(C)cs2)C2CC2)cc1. The number of carbonyl (C=O) groups excluding carboxylic acids is 1. The monoisotopic (exact) mass is 348 g/mol. The van der Waals surface area contributed by atoms with E-state index in [0.717, 1.165) is 34.2 Å². The van der Waals surface area contributed by atoms with E-state index < -0.39 is 0 Å². The number of carbonyl (C=O) groups is 1. The fourth-order valence-corrected chi connectivity index (χ4v) is 4.08. The highest BCUT2D eigenvalue weighted by Gasteiger charge is 2.32. The lowest BCUT2D eigenvalue weighted by Crippen LogP contribution is -2.33. The Balaban J connectivity index is 1.60. The lowest BCUT2D eigenvalue weighted by atomic mass is 10.2. The lowest BCUT2D eigenvalue weighted by molar-refractivity contribution is -0.129. The number of thioether (sulfide) groups is 1. The van der Waals surface area contributed by atoms with Crippen molar-refractivity contribution in [1.29, 1.82) is 0 Å². The van der Waals surface area contributed by atoms with E-state index in [0.29, 0.717) is 18.3 Å². The van der Waals surface area contributed by atoms with Gasteiger partial charge < -0.3 is 9.64 Å². The van der Waals surface area contributed by atoms with E-state index in [2.05, 4.69) is 4.98 Å². The summed E-state index contributed by atoms with van der Waals surface area (Å²) < 4.78 is 6.15. The quantitative estimate of drug-likeness (QED) is 0.715. The summed E-state index contributed by atoms with van der Waals surface area (Å²) in [6.07, 6.45) is 2.23. The summed E-state index contributed by atoms with van der Waals surface area (Å²) in [5.74, 6) is 1.49. The maximum absolute atomic E-state index is 12.6. The van der Waals surface area contributed by atoms with Crippen LogP contribution < -0.4 is 4.74 Å². The van der Waals surface area contributed by atoms with Crippen molar-refractivity contribution in [3.05, 3.63) is 40.9 Å². The molecule has 2 aromatic rings. The van der Waals surface area contributed by atoms with Crippen molar-refractivity contribution in [1.82, 2.24) is 9.88 Å². The van der Waals surface area contributed by atoms with Gasteiger partial charge in [0.25, 0.3) is 0 Å². The second kappa shape index (κ2) is 7.36. The Kier molecular flexibility index (Phi) is 5.23. The van der Waals surface area contributed by atoms with E-state index in [9.17, 15) is 4.79 Å². The average Bonchev–Trinajstić information content (AvgIpc) is 3.32. The Bertz CT molecular complexity index is 665. The number of thiazole rings is 1. The van der Waals surface area contributed by atoms with Crippen LogP contribution in [0.2, 0.25) is 0 Å². The molecule has 1 aliphatic carbocycles. The zero-order chi connectivity index (χ0) is 16.2. The van der Waals surface area contributed by atoms with Gasteiger partial charge >= 0.3 is 0 Å². The number of rotatable bonds is 7. The minimum Gasteiger partial charge on any atom is -0.497 e. The Morgan fingerprint density at radius 3 is 2.70 bits per heavy atom. The molecule has 4 nitrogen and oxygen atoms in total. The van der Waals surface area contributed by atoms with Crippen molar-refractivity contribution >= 4 is 29.0 Å². The molecule has 0 atom stereocenters. The van der Waals surface area contributed by atoms with Crippen molar-refractivity contribution in [3.63, 3.8) is 0 Å². The van der Waals surface area contributed by atoms with Crippen LogP contribution in [0.4, 0.5) is 0 Å². The van der Waals surface area contributed by atoms with Crippen LogP contribution in [0.3, 0.4) is 0 Å². The molecule has 1 amide bonds. The molecule has 0 unspecified atom stereocenters. The van der Waals surface area contributed by atoms with Crippen LogP contribution in [0.1, 0.15) is 24.1 Å². The molecule has 1 heterocycles. The summed E-state index contributed by atoms with van der Waals surface area (Å²) in [4.78, 5) is 19.0. The van der Waals surface area contributed by atoms with Crippen LogP contribution in [0, 0.1) is 6.92 Å². The van der Waals surface area contributed by atoms with Crippen molar-refractivity contribution in [2.45, 2.75) is 36.7 Å². The highest BCUT2D eigenvalue weighted by atomic mass is 32.2. The van der Waals surface area contributed by atoms with E-state index in [1.807, 2.05) is 41.5 Å². The first-order valence-electron chi connectivity index (χ1n) is 7.63. The summed E-state index contributed by atoms with van der Waals surface area (Å²) in [7, 11) is 1.66. The number of hydrogen-bond acceptors (Lipinski definition) is 5. The van der Waals surface area contributed by atoms with Crippen LogP contribution in [0.5, 0.6) is 5.75 Å². The van der Waals surface area contributed by atoms with Crippen molar-refractivity contribution in [2.75, 3.05) is 12.9 Å². The molecule has 23 heavy (non-hydrogen) atoms. The average molecular weight is 348 g/mol. The van der Waals surface area contributed by atoms with E-state index >= 15 is 0 Å². The Hall–Kier alpha value is -1.53. The Morgan fingerprint density at radius 2 is 2.13 bits per heavy atom. The molecule has 0 radical (unpaired) electrons. The topological polar surface area (TPSA) is 42.4 Å². The van der Waals surface area contributed by atoms with E-state index in [-0.39, 0.29) is 5.91 Å². The van der Waals surface area contributed by atoms with Crippen molar-refractivity contribution in [2.24, 2.45) is 0 Å².